The fourth-order valence-corrected chi connectivity index (χ4v) is 5.79. The molecule has 0 atom stereocenters. The monoisotopic (exact) mass is 394 g/mol. The summed E-state index contributed by atoms with van der Waals surface area (Å²) < 4.78 is 0. The first-order valence-electron chi connectivity index (χ1n) is 11.0. The summed E-state index contributed by atoms with van der Waals surface area (Å²) in [6, 6.07) is 29.9. The zero-order chi connectivity index (χ0) is 20.9. The molecular formula is C31H22. The zero-order valence-electron chi connectivity index (χ0n) is 18.0. The van der Waals surface area contributed by atoms with E-state index in [0.29, 0.717) is 0 Å². The van der Waals surface area contributed by atoms with Crippen LogP contribution >= 0.6 is 0 Å². The van der Waals surface area contributed by atoms with Gasteiger partial charge in [-0.1, -0.05) is 72.3 Å². The van der Waals surface area contributed by atoms with Crippen LogP contribution in [0, 0.1) is 20.8 Å². The van der Waals surface area contributed by atoms with Crippen molar-refractivity contribution in [2.24, 2.45) is 0 Å². The molecule has 0 unspecified atom stereocenters. The average Bonchev–Trinajstić information content (AvgIpc) is 3.09. The summed E-state index contributed by atoms with van der Waals surface area (Å²) in [6.07, 6.45) is 0. The van der Waals surface area contributed by atoms with Crippen molar-refractivity contribution in [2.75, 3.05) is 0 Å². The van der Waals surface area contributed by atoms with Crippen LogP contribution in [-0.2, 0) is 0 Å². The highest BCUT2D eigenvalue weighted by molar-refractivity contribution is 6.23. The van der Waals surface area contributed by atoms with Gasteiger partial charge in [0.2, 0.25) is 0 Å². The molecule has 1 aliphatic carbocycles. The van der Waals surface area contributed by atoms with Crippen molar-refractivity contribution in [3.63, 3.8) is 0 Å². The van der Waals surface area contributed by atoms with Gasteiger partial charge in [0.1, 0.15) is 0 Å². The molecule has 0 saturated carbocycles. The zero-order valence-corrected chi connectivity index (χ0v) is 18.0. The number of fused-ring (bicyclic) bond motifs is 8. The summed E-state index contributed by atoms with van der Waals surface area (Å²) in [5.74, 6) is 0. The molecule has 31 heavy (non-hydrogen) atoms. The minimum atomic E-state index is 1.32. The van der Waals surface area contributed by atoms with Crippen LogP contribution in [0.25, 0.3) is 65.3 Å². The van der Waals surface area contributed by atoms with Crippen molar-refractivity contribution in [3.8, 4) is 22.3 Å². The molecule has 1 aliphatic rings. The Hall–Kier alpha value is -3.64. The first-order chi connectivity index (χ1) is 15.1. The molecule has 0 saturated heterocycles. The Morgan fingerprint density at radius 1 is 0.419 bits per heavy atom. The molecule has 0 heteroatoms. The maximum absolute atomic E-state index is 2.45. The fraction of sp³-hybridized carbons (Fsp3) is 0.0968. The van der Waals surface area contributed by atoms with Gasteiger partial charge in [-0.15, -0.1) is 0 Å². The predicted octanol–water partition coefficient (Wildman–Crippen LogP) is 8.87. The third-order valence-corrected chi connectivity index (χ3v) is 7.26. The Bertz CT molecular complexity index is 1740. The van der Waals surface area contributed by atoms with E-state index in [4.69, 9.17) is 0 Å². The van der Waals surface area contributed by atoms with Gasteiger partial charge in [-0.25, -0.2) is 0 Å². The van der Waals surface area contributed by atoms with Gasteiger partial charge in [0.05, 0.1) is 0 Å². The molecular weight excluding hydrogens is 372 g/mol. The summed E-state index contributed by atoms with van der Waals surface area (Å²) >= 11 is 0. The van der Waals surface area contributed by atoms with Gasteiger partial charge in [0.25, 0.3) is 0 Å². The van der Waals surface area contributed by atoms with Crippen LogP contribution in [0.3, 0.4) is 0 Å². The minimum absolute atomic E-state index is 1.32. The Kier molecular flexibility index (Phi) is 3.16. The third-order valence-electron chi connectivity index (χ3n) is 7.26. The third kappa shape index (κ3) is 2.15. The van der Waals surface area contributed by atoms with Crippen molar-refractivity contribution in [2.45, 2.75) is 20.8 Å². The average molecular weight is 395 g/mol. The van der Waals surface area contributed by atoms with E-state index in [1.807, 2.05) is 0 Å². The van der Waals surface area contributed by atoms with Crippen LogP contribution < -0.4 is 0 Å². The maximum atomic E-state index is 2.45. The molecule has 6 aromatic rings. The van der Waals surface area contributed by atoms with Crippen LogP contribution in [-0.4, -0.2) is 0 Å². The summed E-state index contributed by atoms with van der Waals surface area (Å²) in [4.78, 5) is 0. The Morgan fingerprint density at radius 3 is 1.65 bits per heavy atom. The largest absolute Gasteiger partial charge is 0.0610 e. The van der Waals surface area contributed by atoms with Gasteiger partial charge in [0, 0.05) is 0 Å². The maximum Gasteiger partial charge on any atom is -0.00264 e. The topological polar surface area (TPSA) is 0 Å². The van der Waals surface area contributed by atoms with Crippen molar-refractivity contribution in [1.29, 1.82) is 0 Å². The van der Waals surface area contributed by atoms with Gasteiger partial charge in [-0.05, 0) is 109 Å². The molecule has 0 fully saturated rings. The van der Waals surface area contributed by atoms with Gasteiger partial charge < -0.3 is 0 Å². The highest BCUT2D eigenvalue weighted by Crippen LogP contribution is 2.49. The molecule has 0 N–H and O–H groups in total. The first-order valence-corrected chi connectivity index (χ1v) is 11.0. The molecule has 6 aromatic carbocycles. The second kappa shape index (κ2) is 5.74. The van der Waals surface area contributed by atoms with E-state index in [1.165, 1.54) is 82.0 Å². The van der Waals surface area contributed by atoms with Gasteiger partial charge in [-0.3, -0.25) is 0 Å². The van der Waals surface area contributed by atoms with E-state index < -0.39 is 0 Å². The first kappa shape index (κ1) is 17.1. The van der Waals surface area contributed by atoms with E-state index in [0.717, 1.165) is 0 Å². The van der Waals surface area contributed by atoms with E-state index >= 15 is 0 Å². The number of hydrogen-bond donors (Lipinski definition) is 0. The summed E-state index contributed by atoms with van der Waals surface area (Å²) in [5.41, 5.74) is 9.49. The fourth-order valence-electron chi connectivity index (χ4n) is 5.79. The van der Waals surface area contributed by atoms with Gasteiger partial charge >= 0.3 is 0 Å². The standard InChI is InChI=1S/C31H22/c1-17-10-11-21-24(12-17)18(2)14-27-26(21)13-19(3)25-15-28-22-8-4-6-20-7-5-9-23(31(20)22)29(28)16-30(25)27/h4-16H,1-3H3. The molecule has 0 heterocycles. The number of hydrogen-bond acceptors (Lipinski definition) is 0. The molecule has 0 spiro atoms. The van der Waals surface area contributed by atoms with E-state index in [2.05, 4.69) is 99.6 Å². The Balaban J connectivity index is 1.68. The molecule has 0 radical (unpaired) electrons. The molecule has 0 aliphatic heterocycles. The van der Waals surface area contributed by atoms with Gasteiger partial charge in [-0.2, -0.15) is 0 Å². The van der Waals surface area contributed by atoms with Crippen molar-refractivity contribution in [1.82, 2.24) is 0 Å². The highest BCUT2D eigenvalue weighted by atomic mass is 14.3. The number of benzene rings is 6. The predicted molar refractivity (Wildman–Crippen MR) is 135 cm³/mol. The molecule has 0 aromatic heterocycles. The van der Waals surface area contributed by atoms with Crippen molar-refractivity contribution < 1.29 is 0 Å². The lowest BCUT2D eigenvalue weighted by atomic mass is 9.89. The lowest BCUT2D eigenvalue weighted by Gasteiger charge is -2.15. The lowest BCUT2D eigenvalue weighted by molar-refractivity contribution is 1.48. The van der Waals surface area contributed by atoms with Crippen LogP contribution in [0.5, 0.6) is 0 Å². The molecule has 0 bridgehead atoms. The van der Waals surface area contributed by atoms with E-state index in [1.54, 1.807) is 0 Å². The normalized spacial score (nSPS) is 12.4. The van der Waals surface area contributed by atoms with Crippen LogP contribution in [0.4, 0.5) is 0 Å². The SMILES string of the molecule is Cc1ccc2c(c1)c(C)cc1c3cc4c(cc3c(C)cc21)-c1cccc2cccc-4c12. The van der Waals surface area contributed by atoms with Crippen molar-refractivity contribution in [3.05, 3.63) is 95.6 Å². The summed E-state index contributed by atoms with van der Waals surface area (Å²) in [6.45, 7) is 6.68. The van der Waals surface area contributed by atoms with E-state index in [-0.39, 0.29) is 0 Å². The molecule has 0 amide bonds. The number of rotatable bonds is 0. The second-order valence-electron chi connectivity index (χ2n) is 9.18. The van der Waals surface area contributed by atoms with Crippen LogP contribution in [0.2, 0.25) is 0 Å². The van der Waals surface area contributed by atoms with E-state index in [9.17, 15) is 0 Å². The molecule has 0 nitrogen and oxygen atoms in total. The quantitative estimate of drug-likeness (QED) is 0.225. The van der Waals surface area contributed by atoms with Gasteiger partial charge in [0.15, 0.2) is 0 Å². The van der Waals surface area contributed by atoms with Crippen LogP contribution in [0.1, 0.15) is 16.7 Å². The van der Waals surface area contributed by atoms with Crippen LogP contribution in [0.15, 0.2) is 78.9 Å². The second-order valence-corrected chi connectivity index (χ2v) is 9.18. The van der Waals surface area contributed by atoms with Crippen molar-refractivity contribution >= 4 is 43.1 Å². The Morgan fingerprint density at radius 2 is 0.968 bits per heavy atom. The highest BCUT2D eigenvalue weighted by Gasteiger charge is 2.22. The summed E-state index contributed by atoms with van der Waals surface area (Å²) in [5, 5.41) is 10.9. The molecule has 146 valence electrons. The smallest absolute Gasteiger partial charge is 0.00264 e. The number of aryl methyl sites for hydroxylation is 3. The lowest BCUT2D eigenvalue weighted by Crippen LogP contribution is -1.89. The Labute approximate surface area is 181 Å². The minimum Gasteiger partial charge on any atom is -0.0610 e. The molecule has 7 rings (SSSR count). The summed E-state index contributed by atoms with van der Waals surface area (Å²) in [7, 11) is 0.